The Hall–Kier alpha value is -0.460. The minimum atomic E-state index is -3.02. The molecule has 0 aromatic carbocycles. The van der Waals surface area contributed by atoms with Gasteiger partial charge in [0.1, 0.15) is 10.3 Å². The van der Waals surface area contributed by atoms with E-state index in [1.165, 1.54) is 11.3 Å². The quantitative estimate of drug-likeness (QED) is 0.882. The number of nitrogens with zero attached hydrogens (tertiary/aromatic N) is 1. The van der Waals surface area contributed by atoms with E-state index in [-0.39, 0.29) is 5.75 Å². The summed E-state index contributed by atoms with van der Waals surface area (Å²) in [6.45, 7) is 1.63. The number of rotatable bonds is 2. The van der Waals surface area contributed by atoms with Gasteiger partial charge in [0.2, 0.25) is 0 Å². The van der Waals surface area contributed by atoms with Crippen LogP contribution in [0.1, 0.15) is 48.2 Å². The standard InChI is InChI=1S/C10H15NO3S2/c1-7(12)8-6-15-10(11-8)9-4-2-3-5-16(9,13)14/h6-7,9,12H,2-5H2,1H3. The van der Waals surface area contributed by atoms with Crippen LogP contribution in [-0.4, -0.2) is 24.3 Å². The normalized spacial score (nSPS) is 26.5. The van der Waals surface area contributed by atoms with Gasteiger partial charge in [-0.15, -0.1) is 11.3 Å². The van der Waals surface area contributed by atoms with Crippen molar-refractivity contribution in [1.29, 1.82) is 0 Å². The maximum atomic E-state index is 11.9. The summed E-state index contributed by atoms with van der Waals surface area (Å²) in [5, 5.41) is 11.3. The van der Waals surface area contributed by atoms with Gasteiger partial charge >= 0.3 is 0 Å². The zero-order valence-corrected chi connectivity index (χ0v) is 10.7. The van der Waals surface area contributed by atoms with Gasteiger partial charge in [-0.1, -0.05) is 6.42 Å². The van der Waals surface area contributed by atoms with Gasteiger partial charge in [-0.25, -0.2) is 13.4 Å². The monoisotopic (exact) mass is 261 g/mol. The highest BCUT2D eigenvalue weighted by Crippen LogP contribution is 2.35. The molecule has 2 unspecified atom stereocenters. The molecule has 1 aromatic heterocycles. The molecular weight excluding hydrogens is 246 g/mol. The van der Waals surface area contributed by atoms with Crippen molar-refractivity contribution in [1.82, 2.24) is 4.98 Å². The predicted octanol–water partition coefficient (Wildman–Crippen LogP) is 1.84. The molecule has 0 spiro atoms. The second-order valence-electron chi connectivity index (χ2n) is 4.14. The highest BCUT2D eigenvalue weighted by Gasteiger charge is 2.32. The number of aromatic nitrogens is 1. The molecule has 90 valence electrons. The minimum Gasteiger partial charge on any atom is -0.387 e. The molecule has 1 saturated heterocycles. The molecular formula is C10H15NO3S2. The molecule has 0 amide bonds. The van der Waals surface area contributed by atoms with Crippen LogP contribution in [0.15, 0.2) is 5.38 Å². The molecule has 0 aliphatic carbocycles. The summed E-state index contributed by atoms with van der Waals surface area (Å²) in [5.41, 5.74) is 0.570. The van der Waals surface area contributed by atoms with Crippen molar-refractivity contribution in [2.75, 3.05) is 5.75 Å². The van der Waals surface area contributed by atoms with Crippen LogP contribution >= 0.6 is 11.3 Å². The molecule has 0 saturated carbocycles. The van der Waals surface area contributed by atoms with E-state index < -0.39 is 21.2 Å². The molecule has 4 nitrogen and oxygen atoms in total. The average Bonchev–Trinajstić information content (AvgIpc) is 2.65. The fourth-order valence-corrected chi connectivity index (χ4v) is 5.17. The van der Waals surface area contributed by atoms with Crippen LogP contribution in [0.2, 0.25) is 0 Å². The summed E-state index contributed by atoms with van der Waals surface area (Å²) in [6, 6.07) is 0. The fourth-order valence-electron chi connectivity index (χ4n) is 1.87. The van der Waals surface area contributed by atoms with Gasteiger partial charge in [0.05, 0.1) is 17.6 Å². The molecule has 1 aliphatic rings. The van der Waals surface area contributed by atoms with E-state index in [0.29, 0.717) is 17.1 Å². The molecule has 1 aromatic rings. The number of aliphatic hydroxyl groups is 1. The topological polar surface area (TPSA) is 67.3 Å². The van der Waals surface area contributed by atoms with Crippen LogP contribution in [0.5, 0.6) is 0 Å². The van der Waals surface area contributed by atoms with E-state index in [4.69, 9.17) is 0 Å². The van der Waals surface area contributed by atoms with Crippen molar-refractivity contribution in [2.24, 2.45) is 0 Å². The second-order valence-corrected chi connectivity index (χ2v) is 7.33. The molecule has 2 atom stereocenters. The lowest BCUT2D eigenvalue weighted by molar-refractivity contribution is 0.195. The minimum absolute atomic E-state index is 0.265. The van der Waals surface area contributed by atoms with Crippen molar-refractivity contribution in [2.45, 2.75) is 37.5 Å². The number of hydrogen-bond donors (Lipinski definition) is 1. The molecule has 2 heterocycles. The Labute approximate surface area is 99.3 Å². The van der Waals surface area contributed by atoms with Gasteiger partial charge in [-0.3, -0.25) is 0 Å². The van der Waals surface area contributed by atoms with Gasteiger partial charge in [-0.2, -0.15) is 0 Å². The zero-order chi connectivity index (χ0) is 11.8. The smallest absolute Gasteiger partial charge is 0.159 e. The first-order chi connectivity index (χ1) is 7.50. The lowest BCUT2D eigenvalue weighted by Gasteiger charge is -2.19. The first-order valence-corrected chi connectivity index (χ1v) is 7.95. The number of hydrogen-bond acceptors (Lipinski definition) is 5. The molecule has 6 heteroatoms. The van der Waals surface area contributed by atoms with Gasteiger partial charge in [0, 0.05) is 5.38 Å². The van der Waals surface area contributed by atoms with E-state index in [2.05, 4.69) is 4.98 Å². The lowest BCUT2D eigenvalue weighted by atomic mass is 10.2. The maximum absolute atomic E-state index is 11.9. The Morgan fingerprint density at radius 1 is 1.56 bits per heavy atom. The number of aliphatic hydroxyl groups excluding tert-OH is 1. The van der Waals surface area contributed by atoms with Crippen LogP contribution in [0.25, 0.3) is 0 Å². The van der Waals surface area contributed by atoms with Crippen LogP contribution in [0, 0.1) is 0 Å². The van der Waals surface area contributed by atoms with Crippen LogP contribution < -0.4 is 0 Å². The highest BCUT2D eigenvalue weighted by atomic mass is 32.2. The third-order valence-electron chi connectivity index (χ3n) is 2.82. The Morgan fingerprint density at radius 2 is 2.31 bits per heavy atom. The average molecular weight is 261 g/mol. The molecule has 0 radical (unpaired) electrons. The van der Waals surface area contributed by atoms with E-state index in [1.54, 1.807) is 12.3 Å². The van der Waals surface area contributed by atoms with Crippen molar-refractivity contribution >= 4 is 21.2 Å². The summed E-state index contributed by atoms with van der Waals surface area (Å²) < 4.78 is 23.7. The molecule has 16 heavy (non-hydrogen) atoms. The van der Waals surface area contributed by atoms with E-state index in [0.717, 1.165) is 12.8 Å². The van der Waals surface area contributed by atoms with E-state index in [1.807, 2.05) is 0 Å². The van der Waals surface area contributed by atoms with Gasteiger partial charge in [0.15, 0.2) is 9.84 Å². The van der Waals surface area contributed by atoms with Crippen LogP contribution in [0.4, 0.5) is 0 Å². The predicted molar refractivity (Wildman–Crippen MR) is 63.1 cm³/mol. The number of thiazole rings is 1. The third-order valence-corrected chi connectivity index (χ3v) is 6.13. The van der Waals surface area contributed by atoms with Crippen molar-refractivity contribution in [3.63, 3.8) is 0 Å². The first-order valence-electron chi connectivity index (χ1n) is 5.35. The van der Waals surface area contributed by atoms with Crippen LogP contribution in [-0.2, 0) is 9.84 Å². The Balaban J connectivity index is 2.29. The Kier molecular flexibility index (Phi) is 3.32. The van der Waals surface area contributed by atoms with Gasteiger partial charge in [-0.05, 0) is 19.8 Å². The largest absolute Gasteiger partial charge is 0.387 e. The Morgan fingerprint density at radius 3 is 2.88 bits per heavy atom. The molecule has 1 N–H and O–H groups in total. The van der Waals surface area contributed by atoms with Gasteiger partial charge < -0.3 is 5.11 Å². The maximum Gasteiger partial charge on any atom is 0.159 e. The first kappa shape index (κ1) is 12.0. The molecule has 0 bridgehead atoms. The lowest BCUT2D eigenvalue weighted by Crippen LogP contribution is -2.21. The van der Waals surface area contributed by atoms with Crippen LogP contribution in [0.3, 0.4) is 0 Å². The molecule has 1 aliphatic heterocycles. The van der Waals surface area contributed by atoms with Crippen molar-refractivity contribution in [3.8, 4) is 0 Å². The summed E-state index contributed by atoms with van der Waals surface area (Å²) in [6.07, 6.45) is 1.73. The summed E-state index contributed by atoms with van der Waals surface area (Å²) >= 11 is 1.34. The summed E-state index contributed by atoms with van der Waals surface area (Å²) in [4.78, 5) is 4.22. The fraction of sp³-hybridized carbons (Fsp3) is 0.700. The van der Waals surface area contributed by atoms with Gasteiger partial charge in [0.25, 0.3) is 0 Å². The van der Waals surface area contributed by atoms with E-state index in [9.17, 15) is 13.5 Å². The summed E-state index contributed by atoms with van der Waals surface area (Å²) in [7, 11) is -3.02. The second kappa shape index (κ2) is 4.43. The highest BCUT2D eigenvalue weighted by molar-refractivity contribution is 7.91. The SMILES string of the molecule is CC(O)c1csc(C2CCCCS2(=O)=O)n1. The Bertz CT molecular complexity index is 464. The zero-order valence-electron chi connectivity index (χ0n) is 9.09. The van der Waals surface area contributed by atoms with E-state index >= 15 is 0 Å². The van der Waals surface area contributed by atoms with Crippen molar-refractivity contribution < 1.29 is 13.5 Å². The molecule has 1 fully saturated rings. The number of sulfone groups is 1. The third kappa shape index (κ3) is 2.28. The summed E-state index contributed by atoms with van der Waals surface area (Å²) in [5.74, 6) is 0.265. The van der Waals surface area contributed by atoms with Crippen molar-refractivity contribution in [3.05, 3.63) is 16.1 Å². The molecule has 2 rings (SSSR count).